The molecule has 1 N–H and O–H groups in total. The predicted molar refractivity (Wildman–Crippen MR) is 84.0 cm³/mol. The molecule has 6 nitrogen and oxygen atoms in total. The van der Waals surface area contributed by atoms with Gasteiger partial charge in [-0.15, -0.1) is 16.8 Å². The van der Waals surface area contributed by atoms with E-state index in [1.54, 1.807) is 30.3 Å². The number of carbonyl (C=O) groups is 1. The van der Waals surface area contributed by atoms with Gasteiger partial charge in [-0.1, -0.05) is 29.4 Å². The van der Waals surface area contributed by atoms with Gasteiger partial charge in [0.15, 0.2) is 6.61 Å². The summed E-state index contributed by atoms with van der Waals surface area (Å²) in [7, 11) is 0. The Labute approximate surface area is 136 Å². The number of carbonyl (C=O) groups excluding carboxylic acids is 1. The van der Waals surface area contributed by atoms with E-state index in [-0.39, 0.29) is 18.3 Å². The Balaban J connectivity index is 1.77. The molecular formula is C14H14ClN3O3S. The second-order valence-electron chi connectivity index (χ2n) is 4.09. The van der Waals surface area contributed by atoms with Gasteiger partial charge >= 0.3 is 0 Å². The average molecular weight is 340 g/mol. The Morgan fingerprint density at radius 3 is 2.91 bits per heavy atom. The maximum atomic E-state index is 11.4. The lowest BCUT2D eigenvalue weighted by molar-refractivity contribution is -0.118. The van der Waals surface area contributed by atoms with E-state index in [9.17, 15) is 4.79 Å². The summed E-state index contributed by atoms with van der Waals surface area (Å²) in [6.45, 7) is 4.11. The first-order chi connectivity index (χ1) is 10.7. The summed E-state index contributed by atoms with van der Waals surface area (Å²) < 4.78 is 10.9. The summed E-state index contributed by atoms with van der Waals surface area (Å²) in [5.74, 6) is 1.07. The first kappa shape index (κ1) is 16.4. The molecule has 0 radical (unpaired) electrons. The highest BCUT2D eigenvalue weighted by Crippen LogP contribution is 2.19. The van der Waals surface area contributed by atoms with Crippen molar-refractivity contribution >= 4 is 29.3 Å². The van der Waals surface area contributed by atoms with Gasteiger partial charge in [0.2, 0.25) is 5.91 Å². The van der Waals surface area contributed by atoms with Crippen molar-refractivity contribution in [2.45, 2.75) is 11.8 Å². The third kappa shape index (κ3) is 5.42. The van der Waals surface area contributed by atoms with Crippen molar-refractivity contribution in [1.29, 1.82) is 0 Å². The molecule has 0 atom stereocenters. The standard InChI is InChI=1S/C14H14ClN3O3S/c1-2-7-16-12(19)9-22-14-18-17-13(21-14)8-20-11-5-3-10(15)4-6-11/h2-6H,1,7-9H2,(H,16,19). The molecule has 1 amide bonds. The zero-order chi connectivity index (χ0) is 15.8. The number of hydrogen-bond acceptors (Lipinski definition) is 6. The molecule has 1 heterocycles. The van der Waals surface area contributed by atoms with Crippen molar-refractivity contribution in [3.8, 4) is 5.75 Å². The predicted octanol–water partition coefficient (Wildman–Crippen LogP) is 2.70. The molecule has 1 aromatic carbocycles. The van der Waals surface area contributed by atoms with E-state index >= 15 is 0 Å². The van der Waals surface area contributed by atoms with Crippen molar-refractivity contribution in [3.63, 3.8) is 0 Å². The molecule has 0 aliphatic rings. The fraction of sp³-hybridized carbons (Fsp3) is 0.214. The maximum absolute atomic E-state index is 11.4. The number of nitrogens with one attached hydrogen (secondary N) is 1. The second kappa shape index (κ2) is 8.45. The molecule has 0 bridgehead atoms. The molecule has 0 saturated heterocycles. The van der Waals surface area contributed by atoms with Crippen LogP contribution in [-0.4, -0.2) is 28.4 Å². The number of aromatic nitrogens is 2. The Bertz CT molecular complexity index is 631. The molecule has 0 spiro atoms. The first-order valence-corrected chi connectivity index (χ1v) is 7.75. The molecule has 8 heteroatoms. The summed E-state index contributed by atoms with van der Waals surface area (Å²) in [4.78, 5) is 11.4. The highest BCUT2D eigenvalue weighted by Gasteiger charge is 2.09. The molecule has 2 aromatic rings. The van der Waals surface area contributed by atoms with Crippen LogP contribution in [0.5, 0.6) is 5.75 Å². The van der Waals surface area contributed by atoms with Crippen molar-refractivity contribution in [2.24, 2.45) is 0 Å². The van der Waals surface area contributed by atoms with Crippen molar-refractivity contribution in [3.05, 3.63) is 47.8 Å². The van der Waals surface area contributed by atoms with Crippen LogP contribution in [0.1, 0.15) is 5.89 Å². The summed E-state index contributed by atoms with van der Waals surface area (Å²) in [6, 6.07) is 6.96. The fourth-order valence-corrected chi connectivity index (χ4v) is 2.13. The quantitative estimate of drug-likeness (QED) is 0.588. The lowest BCUT2D eigenvalue weighted by Crippen LogP contribution is -2.24. The number of ether oxygens (including phenoxy) is 1. The van der Waals surface area contributed by atoms with E-state index in [2.05, 4.69) is 22.1 Å². The van der Waals surface area contributed by atoms with Gasteiger partial charge < -0.3 is 14.5 Å². The normalized spacial score (nSPS) is 10.2. The van der Waals surface area contributed by atoms with Crippen LogP contribution in [-0.2, 0) is 11.4 Å². The number of nitrogens with zero attached hydrogens (tertiary/aromatic N) is 2. The number of rotatable bonds is 8. The van der Waals surface area contributed by atoms with E-state index in [1.165, 1.54) is 0 Å². The highest BCUT2D eigenvalue weighted by atomic mass is 35.5. The maximum Gasteiger partial charge on any atom is 0.277 e. The summed E-state index contributed by atoms with van der Waals surface area (Å²) >= 11 is 6.95. The van der Waals surface area contributed by atoms with Crippen molar-refractivity contribution in [2.75, 3.05) is 12.3 Å². The minimum Gasteiger partial charge on any atom is -0.484 e. The Morgan fingerprint density at radius 1 is 1.41 bits per heavy atom. The molecule has 0 fully saturated rings. The van der Waals surface area contributed by atoms with Gasteiger partial charge in [-0.2, -0.15) is 0 Å². The van der Waals surface area contributed by atoms with Crippen LogP contribution in [0.4, 0.5) is 0 Å². The largest absolute Gasteiger partial charge is 0.484 e. The van der Waals surface area contributed by atoms with Gasteiger partial charge in [-0.25, -0.2) is 0 Å². The molecule has 116 valence electrons. The molecule has 0 unspecified atom stereocenters. The molecule has 22 heavy (non-hydrogen) atoms. The molecule has 0 saturated carbocycles. The van der Waals surface area contributed by atoms with E-state index < -0.39 is 0 Å². The Kier molecular flexibility index (Phi) is 6.29. The summed E-state index contributed by atoms with van der Waals surface area (Å²) in [5.41, 5.74) is 0. The Morgan fingerprint density at radius 2 is 2.18 bits per heavy atom. The topological polar surface area (TPSA) is 77.2 Å². The van der Waals surface area contributed by atoms with E-state index in [0.717, 1.165) is 11.8 Å². The lowest BCUT2D eigenvalue weighted by Gasteiger charge is -2.02. The third-order valence-corrected chi connectivity index (χ3v) is 3.46. The molecular weight excluding hydrogens is 326 g/mol. The minimum absolute atomic E-state index is 0.123. The van der Waals surface area contributed by atoms with Gasteiger partial charge in [0.25, 0.3) is 11.1 Å². The first-order valence-electron chi connectivity index (χ1n) is 6.38. The number of benzene rings is 1. The van der Waals surface area contributed by atoms with Crippen LogP contribution in [0.2, 0.25) is 5.02 Å². The van der Waals surface area contributed by atoms with Crippen LogP contribution in [0, 0.1) is 0 Å². The molecule has 0 aliphatic heterocycles. The van der Waals surface area contributed by atoms with Gasteiger partial charge in [0.1, 0.15) is 5.75 Å². The summed E-state index contributed by atoms with van der Waals surface area (Å²) in [6.07, 6.45) is 1.61. The third-order valence-electron chi connectivity index (χ3n) is 2.39. The zero-order valence-electron chi connectivity index (χ0n) is 11.6. The molecule has 0 aliphatic carbocycles. The average Bonchev–Trinajstić information content (AvgIpc) is 2.98. The Hall–Kier alpha value is -1.99. The van der Waals surface area contributed by atoms with Gasteiger partial charge in [0.05, 0.1) is 5.75 Å². The van der Waals surface area contributed by atoms with E-state index in [4.69, 9.17) is 20.8 Å². The minimum atomic E-state index is -0.123. The second-order valence-corrected chi connectivity index (χ2v) is 5.45. The zero-order valence-corrected chi connectivity index (χ0v) is 13.2. The summed E-state index contributed by atoms with van der Waals surface area (Å²) in [5, 5.41) is 11.3. The number of hydrogen-bond donors (Lipinski definition) is 1. The fourth-order valence-electron chi connectivity index (χ4n) is 1.40. The van der Waals surface area contributed by atoms with Crippen LogP contribution >= 0.6 is 23.4 Å². The monoisotopic (exact) mass is 339 g/mol. The number of thioether (sulfide) groups is 1. The van der Waals surface area contributed by atoms with Gasteiger partial charge in [-0.3, -0.25) is 4.79 Å². The smallest absolute Gasteiger partial charge is 0.277 e. The van der Waals surface area contributed by atoms with Crippen LogP contribution in [0.15, 0.2) is 46.6 Å². The van der Waals surface area contributed by atoms with Gasteiger partial charge in [-0.05, 0) is 24.3 Å². The van der Waals surface area contributed by atoms with E-state index in [1.807, 2.05) is 0 Å². The van der Waals surface area contributed by atoms with Crippen LogP contribution in [0.25, 0.3) is 0 Å². The highest BCUT2D eigenvalue weighted by molar-refractivity contribution is 7.99. The van der Waals surface area contributed by atoms with Gasteiger partial charge in [0, 0.05) is 11.6 Å². The van der Waals surface area contributed by atoms with Crippen molar-refractivity contribution < 1.29 is 13.9 Å². The van der Waals surface area contributed by atoms with Crippen LogP contribution in [0.3, 0.4) is 0 Å². The number of halogens is 1. The van der Waals surface area contributed by atoms with Crippen molar-refractivity contribution in [1.82, 2.24) is 15.5 Å². The SMILES string of the molecule is C=CCNC(=O)CSc1nnc(COc2ccc(Cl)cc2)o1. The van der Waals surface area contributed by atoms with E-state index in [0.29, 0.717) is 28.4 Å². The lowest BCUT2D eigenvalue weighted by atomic mass is 10.3. The molecule has 1 aromatic heterocycles. The van der Waals surface area contributed by atoms with Crippen LogP contribution < -0.4 is 10.1 Å². The molecule has 2 rings (SSSR count). The number of amides is 1.